The van der Waals surface area contributed by atoms with Crippen LogP contribution in [0.2, 0.25) is 0 Å². The van der Waals surface area contributed by atoms with Gasteiger partial charge in [0, 0.05) is 29.8 Å². The molecule has 2 aromatic rings. The van der Waals surface area contributed by atoms with Crippen LogP contribution in [0.5, 0.6) is 0 Å². The first-order valence-electron chi connectivity index (χ1n) is 9.23. The Bertz CT molecular complexity index is 1020. The Hall–Kier alpha value is -3.55. The van der Waals surface area contributed by atoms with E-state index in [0.29, 0.717) is 22.4 Å². The van der Waals surface area contributed by atoms with Crippen molar-refractivity contribution < 1.29 is 23.6 Å². The number of hydrogen-bond acceptors (Lipinski definition) is 4. The first-order valence-corrected chi connectivity index (χ1v) is 9.23. The highest BCUT2D eigenvalue weighted by molar-refractivity contribution is 6.06. The van der Waals surface area contributed by atoms with Crippen LogP contribution in [0, 0.1) is 5.82 Å². The highest BCUT2D eigenvalue weighted by Gasteiger charge is 2.39. The lowest BCUT2D eigenvalue weighted by atomic mass is 10.0. The molecule has 1 fully saturated rings. The molecular weight excluding hydrogens is 377 g/mol. The molecule has 2 aliphatic rings. The van der Waals surface area contributed by atoms with Crippen LogP contribution in [0.15, 0.2) is 42.5 Å². The summed E-state index contributed by atoms with van der Waals surface area (Å²) >= 11 is 0. The standard InChI is InChI=1S/C21H18FN3O4/c22-13-6-4-12(5-7-13)10-19(27)23-16-3-1-2-14-15(16)11-25(21(14)29)17-8-9-18(26)24-20(17)28/h1-7,17H,8-11H2,(H,23,27)(H,24,26,28). The first-order chi connectivity index (χ1) is 13.9. The summed E-state index contributed by atoms with van der Waals surface area (Å²) in [7, 11) is 0. The largest absolute Gasteiger partial charge is 0.325 e. The Morgan fingerprint density at radius 2 is 1.90 bits per heavy atom. The fourth-order valence-electron chi connectivity index (χ4n) is 3.68. The molecule has 1 atom stereocenters. The second-order valence-corrected chi connectivity index (χ2v) is 7.08. The molecule has 0 saturated carbocycles. The van der Waals surface area contributed by atoms with Gasteiger partial charge in [0.1, 0.15) is 11.9 Å². The molecule has 4 amide bonds. The predicted octanol–water partition coefficient (Wildman–Crippen LogP) is 1.77. The topological polar surface area (TPSA) is 95.6 Å². The number of amides is 4. The molecule has 8 heteroatoms. The van der Waals surface area contributed by atoms with Gasteiger partial charge in [0.25, 0.3) is 5.91 Å². The van der Waals surface area contributed by atoms with E-state index in [4.69, 9.17) is 0 Å². The zero-order valence-electron chi connectivity index (χ0n) is 15.4. The maximum atomic E-state index is 13.0. The monoisotopic (exact) mass is 395 g/mol. The van der Waals surface area contributed by atoms with Crippen molar-refractivity contribution in [3.8, 4) is 0 Å². The molecule has 0 radical (unpaired) electrons. The third-order valence-corrected chi connectivity index (χ3v) is 5.13. The summed E-state index contributed by atoms with van der Waals surface area (Å²) in [5.41, 5.74) is 2.22. The van der Waals surface area contributed by atoms with Gasteiger partial charge >= 0.3 is 0 Å². The number of hydrogen-bond donors (Lipinski definition) is 2. The van der Waals surface area contributed by atoms with Crippen LogP contribution >= 0.6 is 0 Å². The lowest BCUT2D eigenvalue weighted by molar-refractivity contribution is -0.137. The van der Waals surface area contributed by atoms with Crippen LogP contribution in [0.25, 0.3) is 0 Å². The SMILES string of the molecule is O=C1CCC(N2Cc3c(NC(=O)Cc4ccc(F)cc4)cccc3C2=O)C(=O)N1. The van der Waals surface area contributed by atoms with Crippen molar-refractivity contribution in [3.63, 3.8) is 0 Å². The summed E-state index contributed by atoms with van der Waals surface area (Å²) in [6.07, 6.45) is 0.517. The molecule has 4 rings (SSSR count). The zero-order chi connectivity index (χ0) is 20.5. The smallest absolute Gasteiger partial charge is 0.255 e. The molecule has 0 aromatic heterocycles. The third kappa shape index (κ3) is 3.73. The lowest BCUT2D eigenvalue weighted by Crippen LogP contribution is -2.52. The number of carbonyl (C=O) groups excluding carboxylic acids is 4. The Morgan fingerprint density at radius 3 is 2.62 bits per heavy atom. The van der Waals surface area contributed by atoms with Gasteiger partial charge in [-0.25, -0.2) is 4.39 Å². The summed E-state index contributed by atoms with van der Waals surface area (Å²) in [6, 6.07) is 9.96. The minimum atomic E-state index is -0.713. The normalized spacial score (nSPS) is 18.4. The van der Waals surface area contributed by atoms with Crippen LogP contribution < -0.4 is 10.6 Å². The van der Waals surface area contributed by atoms with Gasteiger partial charge < -0.3 is 10.2 Å². The number of rotatable bonds is 4. The van der Waals surface area contributed by atoms with E-state index in [2.05, 4.69) is 10.6 Å². The van der Waals surface area contributed by atoms with E-state index in [1.54, 1.807) is 30.3 Å². The van der Waals surface area contributed by atoms with Crippen molar-refractivity contribution in [1.29, 1.82) is 0 Å². The summed E-state index contributed by atoms with van der Waals surface area (Å²) in [6.45, 7) is 0.174. The molecule has 7 nitrogen and oxygen atoms in total. The maximum Gasteiger partial charge on any atom is 0.255 e. The van der Waals surface area contributed by atoms with Crippen molar-refractivity contribution in [2.75, 3.05) is 5.32 Å². The molecule has 1 unspecified atom stereocenters. The van der Waals surface area contributed by atoms with E-state index in [0.717, 1.165) is 0 Å². The Kier molecular flexibility index (Phi) is 4.84. The van der Waals surface area contributed by atoms with E-state index < -0.39 is 11.9 Å². The van der Waals surface area contributed by atoms with Gasteiger partial charge in [-0.2, -0.15) is 0 Å². The molecule has 2 N–H and O–H groups in total. The summed E-state index contributed by atoms with van der Waals surface area (Å²) in [5, 5.41) is 5.06. The van der Waals surface area contributed by atoms with Crippen LogP contribution in [0.4, 0.5) is 10.1 Å². The Morgan fingerprint density at radius 1 is 1.14 bits per heavy atom. The summed E-state index contributed by atoms with van der Waals surface area (Å²) in [5.74, 6) is -1.79. The molecule has 0 aliphatic carbocycles. The summed E-state index contributed by atoms with van der Waals surface area (Å²) < 4.78 is 13.0. The van der Waals surface area contributed by atoms with Gasteiger partial charge in [-0.15, -0.1) is 0 Å². The number of anilines is 1. The lowest BCUT2D eigenvalue weighted by Gasteiger charge is -2.29. The number of nitrogens with one attached hydrogen (secondary N) is 2. The van der Waals surface area contributed by atoms with Gasteiger partial charge in [-0.3, -0.25) is 24.5 Å². The molecule has 2 heterocycles. The highest BCUT2D eigenvalue weighted by atomic mass is 19.1. The number of nitrogens with zero attached hydrogens (tertiary/aromatic N) is 1. The number of fused-ring (bicyclic) bond motifs is 1. The van der Waals surface area contributed by atoms with Crippen LogP contribution in [-0.4, -0.2) is 34.6 Å². The minimum absolute atomic E-state index is 0.0642. The molecular formula is C21H18FN3O4. The van der Waals surface area contributed by atoms with Crippen molar-refractivity contribution >= 4 is 29.3 Å². The van der Waals surface area contributed by atoms with Crippen molar-refractivity contribution in [2.45, 2.75) is 31.8 Å². The summed E-state index contributed by atoms with van der Waals surface area (Å²) in [4.78, 5) is 50.2. The average molecular weight is 395 g/mol. The maximum absolute atomic E-state index is 13.0. The zero-order valence-corrected chi connectivity index (χ0v) is 15.4. The van der Waals surface area contributed by atoms with Gasteiger partial charge in [0.05, 0.1) is 6.42 Å². The second-order valence-electron chi connectivity index (χ2n) is 7.08. The van der Waals surface area contributed by atoms with Gasteiger partial charge in [0.15, 0.2) is 0 Å². The van der Waals surface area contributed by atoms with Crippen LogP contribution in [-0.2, 0) is 27.3 Å². The second kappa shape index (κ2) is 7.46. The quantitative estimate of drug-likeness (QED) is 0.772. The Labute approximate surface area is 165 Å². The van der Waals surface area contributed by atoms with E-state index >= 15 is 0 Å². The fourth-order valence-corrected chi connectivity index (χ4v) is 3.68. The molecule has 2 aromatic carbocycles. The van der Waals surface area contributed by atoms with E-state index in [-0.39, 0.29) is 49.3 Å². The van der Waals surface area contributed by atoms with Crippen LogP contribution in [0.1, 0.15) is 34.3 Å². The van der Waals surface area contributed by atoms with Crippen molar-refractivity contribution in [1.82, 2.24) is 10.2 Å². The van der Waals surface area contributed by atoms with Gasteiger partial charge in [0.2, 0.25) is 17.7 Å². The number of imide groups is 1. The average Bonchev–Trinajstić information content (AvgIpc) is 3.01. The molecule has 1 saturated heterocycles. The van der Waals surface area contributed by atoms with E-state index in [1.807, 2.05) is 0 Å². The third-order valence-electron chi connectivity index (χ3n) is 5.13. The number of halogens is 1. The molecule has 2 aliphatic heterocycles. The first kappa shape index (κ1) is 18.8. The van der Waals surface area contributed by atoms with E-state index in [1.165, 1.54) is 17.0 Å². The van der Waals surface area contributed by atoms with Crippen molar-refractivity contribution in [3.05, 3.63) is 65.0 Å². The molecule has 148 valence electrons. The Balaban J connectivity index is 1.50. The molecule has 29 heavy (non-hydrogen) atoms. The number of benzene rings is 2. The van der Waals surface area contributed by atoms with Gasteiger partial charge in [-0.1, -0.05) is 18.2 Å². The number of carbonyl (C=O) groups is 4. The fraction of sp³-hybridized carbons (Fsp3) is 0.238. The highest BCUT2D eigenvalue weighted by Crippen LogP contribution is 2.32. The van der Waals surface area contributed by atoms with Gasteiger partial charge in [-0.05, 0) is 36.2 Å². The van der Waals surface area contributed by atoms with Crippen LogP contribution in [0.3, 0.4) is 0 Å². The van der Waals surface area contributed by atoms with E-state index in [9.17, 15) is 23.6 Å². The molecule has 0 bridgehead atoms. The number of piperidine rings is 1. The minimum Gasteiger partial charge on any atom is -0.325 e. The van der Waals surface area contributed by atoms with Crippen molar-refractivity contribution in [2.24, 2.45) is 0 Å². The molecule has 0 spiro atoms. The predicted molar refractivity (Wildman–Crippen MR) is 101 cm³/mol.